The lowest BCUT2D eigenvalue weighted by molar-refractivity contribution is -0.104. The Bertz CT molecular complexity index is 554. The molecule has 2 nitrogen and oxygen atoms in total. The van der Waals surface area contributed by atoms with Crippen LogP contribution in [0.4, 0.5) is 0 Å². The van der Waals surface area contributed by atoms with E-state index in [0.29, 0.717) is 12.2 Å². The summed E-state index contributed by atoms with van der Waals surface area (Å²) in [6.45, 7) is 2.34. The van der Waals surface area contributed by atoms with Crippen molar-refractivity contribution >= 4 is 12.4 Å². The molecule has 0 saturated carbocycles. The van der Waals surface area contributed by atoms with Crippen molar-refractivity contribution in [3.63, 3.8) is 0 Å². The first-order valence-electron chi connectivity index (χ1n) is 6.18. The van der Waals surface area contributed by atoms with Gasteiger partial charge in [-0.25, -0.2) is 0 Å². The van der Waals surface area contributed by atoms with Crippen LogP contribution in [0, 0.1) is 0 Å². The maximum absolute atomic E-state index is 10.5. The zero-order chi connectivity index (χ0) is 13.5. The van der Waals surface area contributed by atoms with Gasteiger partial charge in [0.2, 0.25) is 0 Å². The fourth-order valence-electron chi connectivity index (χ4n) is 1.70. The molecule has 0 unspecified atom stereocenters. The van der Waals surface area contributed by atoms with E-state index in [2.05, 4.69) is 0 Å². The predicted molar refractivity (Wildman–Crippen MR) is 76.9 cm³/mol. The highest BCUT2D eigenvalue weighted by molar-refractivity contribution is 5.80. The van der Waals surface area contributed by atoms with Gasteiger partial charge in [0.05, 0.1) is 0 Å². The molecule has 0 amide bonds. The summed E-state index contributed by atoms with van der Waals surface area (Å²) in [5.41, 5.74) is 2.85. The molecule has 0 bridgehead atoms. The number of rotatable bonds is 5. The van der Waals surface area contributed by atoms with Gasteiger partial charge in [-0.1, -0.05) is 42.5 Å². The van der Waals surface area contributed by atoms with Crippen LogP contribution in [0.15, 0.2) is 60.2 Å². The quantitative estimate of drug-likeness (QED) is 0.596. The van der Waals surface area contributed by atoms with E-state index in [1.807, 2.05) is 60.7 Å². The van der Waals surface area contributed by atoms with Crippen LogP contribution in [0.5, 0.6) is 5.75 Å². The number of ether oxygens (including phenoxy) is 1. The molecule has 0 aromatic heterocycles. The van der Waals surface area contributed by atoms with Gasteiger partial charge in [-0.2, -0.15) is 0 Å². The molecule has 2 aromatic rings. The second-order valence-electron chi connectivity index (χ2n) is 4.35. The fraction of sp³-hybridized carbons (Fsp3) is 0.118. The molecule has 0 spiro atoms. The summed E-state index contributed by atoms with van der Waals surface area (Å²) in [5.74, 6) is 0.824. The summed E-state index contributed by atoms with van der Waals surface area (Å²) in [6, 6.07) is 17.7. The van der Waals surface area contributed by atoms with Gasteiger partial charge in [0.1, 0.15) is 18.6 Å². The van der Waals surface area contributed by atoms with E-state index in [1.54, 1.807) is 6.92 Å². The molecule has 0 N–H and O–H groups in total. The lowest BCUT2D eigenvalue weighted by Crippen LogP contribution is -1.94. The SMILES string of the molecule is CC(C=O)=Cc1ccc(OCc2ccccc2)cc1. The molecular weight excluding hydrogens is 236 g/mol. The highest BCUT2D eigenvalue weighted by atomic mass is 16.5. The first kappa shape index (κ1) is 13.1. The van der Waals surface area contributed by atoms with Crippen LogP contribution in [-0.2, 0) is 11.4 Å². The Morgan fingerprint density at radius 2 is 1.74 bits per heavy atom. The van der Waals surface area contributed by atoms with Crippen molar-refractivity contribution in [3.8, 4) is 5.75 Å². The summed E-state index contributed by atoms with van der Waals surface area (Å²) in [5, 5.41) is 0. The fourth-order valence-corrected chi connectivity index (χ4v) is 1.70. The summed E-state index contributed by atoms with van der Waals surface area (Å²) >= 11 is 0. The van der Waals surface area contributed by atoms with E-state index in [4.69, 9.17) is 4.74 Å². The van der Waals surface area contributed by atoms with Gasteiger partial charge in [-0.15, -0.1) is 0 Å². The van der Waals surface area contributed by atoms with Gasteiger partial charge in [0.25, 0.3) is 0 Å². The number of hydrogen-bond acceptors (Lipinski definition) is 2. The number of aldehydes is 1. The van der Waals surface area contributed by atoms with Crippen molar-refractivity contribution in [3.05, 3.63) is 71.3 Å². The molecule has 0 aliphatic carbocycles. The van der Waals surface area contributed by atoms with Gasteiger partial charge >= 0.3 is 0 Å². The topological polar surface area (TPSA) is 26.3 Å². The van der Waals surface area contributed by atoms with Crippen molar-refractivity contribution in [2.24, 2.45) is 0 Å². The average molecular weight is 252 g/mol. The Morgan fingerprint density at radius 1 is 1.05 bits per heavy atom. The lowest BCUT2D eigenvalue weighted by Gasteiger charge is -2.06. The molecule has 0 saturated heterocycles. The molecular formula is C17H16O2. The van der Waals surface area contributed by atoms with Crippen molar-refractivity contribution in [2.75, 3.05) is 0 Å². The zero-order valence-electron chi connectivity index (χ0n) is 10.9. The van der Waals surface area contributed by atoms with Crippen LogP contribution >= 0.6 is 0 Å². The molecule has 0 aliphatic heterocycles. The maximum atomic E-state index is 10.5. The van der Waals surface area contributed by atoms with E-state index >= 15 is 0 Å². The third-order valence-corrected chi connectivity index (χ3v) is 2.71. The Morgan fingerprint density at radius 3 is 2.37 bits per heavy atom. The minimum absolute atomic E-state index is 0.559. The smallest absolute Gasteiger partial charge is 0.145 e. The first-order chi connectivity index (χ1) is 9.28. The monoisotopic (exact) mass is 252 g/mol. The molecule has 19 heavy (non-hydrogen) atoms. The highest BCUT2D eigenvalue weighted by Gasteiger charge is 1.96. The number of carbonyl (C=O) groups excluding carboxylic acids is 1. The summed E-state index contributed by atoms with van der Waals surface area (Å²) < 4.78 is 5.69. The van der Waals surface area contributed by atoms with Gasteiger partial charge in [-0.3, -0.25) is 4.79 Å². The number of benzene rings is 2. The van der Waals surface area contributed by atoms with E-state index in [9.17, 15) is 4.79 Å². The van der Waals surface area contributed by atoms with E-state index < -0.39 is 0 Å². The summed E-state index contributed by atoms with van der Waals surface area (Å²) in [4.78, 5) is 10.5. The van der Waals surface area contributed by atoms with Crippen LogP contribution in [0.3, 0.4) is 0 Å². The van der Waals surface area contributed by atoms with Gasteiger partial charge in [-0.05, 0) is 41.8 Å². The van der Waals surface area contributed by atoms with Gasteiger partial charge in [0, 0.05) is 0 Å². The molecule has 96 valence electrons. The largest absolute Gasteiger partial charge is 0.489 e. The third-order valence-electron chi connectivity index (χ3n) is 2.71. The van der Waals surface area contributed by atoms with Crippen molar-refractivity contribution in [1.82, 2.24) is 0 Å². The maximum Gasteiger partial charge on any atom is 0.145 e. The Kier molecular flexibility index (Phi) is 4.51. The van der Waals surface area contributed by atoms with Crippen LogP contribution in [0.1, 0.15) is 18.1 Å². The molecule has 2 heteroatoms. The van der Waals surface area contributed by atoms with Crippen LogP contribution in [0.25, 0.3) is 6.08 Å². The minimum Gasteiger partial charge on any atom is -0.489 e. The first-order valence-corrected chi connectivity index (χ1v) is 6.18. The van der Waals surface area contributed by atoms with Gasteiger partial charge in [0.15, 0.2) is 0 Å². The molecule has 2 rings (SSSR count). The number of carbonyl (C=O) groups is 1. The molecule has 2 aromatic carbocycles. The Balaban J connectivity index is 1.97. The molecule has 0 atom stereocenters. The molecule has 0 radical (unpaired) electrons. The number of hydrogen-bond donors (Lipinski definition) is 0. The van der Waals surface area contributed by atoms with E-state index in [-0.39, 0.29) is 0 Å². The average Bonchev–Trinajstić information content (AvgIpc) is 2.47. The summed E-state index contributed by atoms with van der Waals surface area (Å²) in [7, 11) is 0. The third kappa shape index (κ3) is 4.11. The molecule has 0 heterocycles. The van der Waals surface area contributed by atoms with Gasteiger partial charge < -0.3 is 4.74 Å². The standard InChI is InChI=1S/C17H16O2/c1-14(12-18)11-15-7-9-17(10-8-15)19-13-16-5-3-2-4-6-16/h2-12H,13H2,1H3. The number of allylic oxidation sites excluding steroid dienone is 1. The second kappa shape index (κ2) is 6.55. The van der Waals surface area contributed by atoms with Crippen molar-refractivity contribution in [1.29, 1.82) is 0 Å². The minimum atomic E-state index is 0.559. The highest BCUT2D eigenvalue weighted by Crippen LogP contribution is 2.15. The van der Waals surface area contributed by atoms with Crippen LogP contribution in [0.2, 0.25) is 0 Å². The molecule has 0 aliphatic rings. The zero-order valence-corrected chi connectivity index (χ0v) is 10.9. The Labute approximate surface area is 113 Å². The second-order valence-corrected chi connectivity index (χ2v) is 4.35. The predicted octanol–water partition coefficient (Wildman–Crippen LogP) is 3.87. The van der Waals surface area contributed by atoms with Crippen molar-refractivity contribution < 1.29 is 9.53 Å². The van der Waals surface area contributed by atoms with Crippen molar-refractivity contribution in [2.45, 2.75) is 13.5 Å². The van der Waals surface area contributed by atoms with E-state index in [0.717, 1.165) is 23.2 Å². The lowest BCUT2D eigenvalue weighted by atomic mass is 10.1. The Hall–Kier alpha value is -2.35. The van der Waals surface area contributed by atoms with Crippen LogP contribution < -0.4 is 4.74 Å². The normalized spacial score (nSPS) is 11.1. The van der Waals surface area contributed by atoms with Crippen LogP contribution in [-0.4, -0.2) is 6.29 Å². The molecule has 0 fully saturated rings. The summed E-state index contributed by atoms with van der Waals surface area (Å²) in [6.07, 6.45) is 2.69. The van der Waals surface area contributed by atoms with E-state index in [1.165, 1.54) is 0 Å².